The Balaban J connectivity index is 2.28. The number of nitrogens with one attached hydrogen (secondary N) is 1. The molecule has 1 fully saturated rings. The van der Waals surface area contributed by atoms with E-state index in [1.54, 1.807) is 0 Å². The Morgan fingerprint density at radius 1 is 1.35 bits per heavy atom. The van der Waals surface area contributed by atoms with Crippen molar-refractivity contribution < 1.29 is 28.0 Å². The maximum absolute atomic E-state index is 12.6. The highest BCUT2D eigenvalue weighted by Gasteiger charge is 2.38. The van der Waals surface area contributed by atoms with Crippen LogP contribution < -0.4 is 5.32 Å². The average Bonchev–Trinajstić information content (AvgIpc) is 2.53. The van der Waals surface area contributed by atoms with Crippen LogP contribution in [0.4, 0.5) is 5.69 Å². The fraction of sp³-hybridized carbons (Fsp3) is 0.462. The van der Waals surface area contributed by atoms with Gasteiger partial charge in [-0.3, -0.25) is 14.9 Å². The molecule has 2 rings (SSSR count). The molecule has 0 radical (unpaired) electrons. The largest absolute Gasteiger partial charge is 0.446 e. The van der Waals surface area contributed by atoms with Gasteiger partial charge in [-0.25, -0.2) is 8.42 Å². The van der Waals surface area contributed by atoms with Gasteiger partial charge in [-0.05, 0) is 25.0 Å². The van der Waals surface area contributed by atoms with Crippen LogP contribution in [-0.4, -0.2) is 49.0 Å². The summed E-state index contributed by atoms with van der Waals surface area (Å²) >= 11 is 0. The van der Waals surface area contributed by atoms with Crippen molar-refractivity contribution in [2.75, 3.05) is 6.54 Å². The smallest absolute Gasteiger partial charge is 0.294 e. The number of aliphatic hydroxyl groups excluding tert-OH is 1. The molecular formula is C13H16N2O7S. The monoisotopic (exact) mass is 344 g/mol. The summed E-state index contributed by atoms with van der Waals surface area (Å²) in [4.78, 5) is 20.5. The van der Waals surface area contributed by atoms with E-state index in [1.807, 2.05) is 0 Å². The number of carbonyl (C=O) groups excluding carboxylic acids is 1. The maximum atomic E-state index is 12.6. The third kappa shape index (κ3) is 3.84. The Morgan fingerprint density at radius 2 is 2.00 bits per heavy atom. The Morgan fingerprint density at radius 3 is 2.48 bits per heavy atom. The van der Waals surface area contributed by atoms with E-state index >= 15 is 0 Å². The van der Waals surface area contributed by atoms with Crippen LogP contribution in [0.3, 0.4) is 0 Å². The number of sulfone groups is 1. The molecule has 3 unspecified atom stereocenters. The number of aliphatic hydroxyl groups is 1. The summed E-state index contributed by atoms with van der Waals surface area (Å²) in [5, 5.41) is 22.9. The molecule has 1 aliphatic rings. The van der Waals surface area contributed by atoms with Crippen molar-refractivity contribution in [3.8, 4) is 0 Å². The highest BCUT2D eigenvalue weighted by Crippen LogP contribution is 2.25. The number of piperidine rings is 1. The summed E-state index contributed by atoms with van der Waals surface area (Å²) in [6, 6.07) is 3.69. The summed E-state index contributed by atoms with van der Waals surface area (Å²) in [7, 11) is -4.04. The van der Waals surface area contributed by atoms with E-state index in [-0.39, 0.29) is 23.6 Å². The topological polar surface area (TPSA) is 136 Å². The molecule has 1 aliphatic heterocycles. The molecular weight excluding hydrogens is 328 g/mol. The minimum atomic E-state index is -4.04. The molecule has 0 spiro atoms. The van der Waals surface area contributed by atoms with Gasteiger partial charge in [0.25, 0.3) is 12.2 Å². The Bertz CT molecular complexity index is 666. The van der Waals surface area contributed by atoms with E-state index in [0.717, 1.165) is 24.3 Å². The van der Waals surface area contributed by atoms with Crippen molar-refractivity contribution in [1.29, 1.82) is 0 Å². The second-order valence-electron chi connectivity index (χ2n) is 5.14. The van der Waals surface area contributed by atoms with Gasteiger partial charge in [-0.1, -0.05) is 0 Å². The van der Waals surface area contributed by atoms with E-state index in [1.165, 1.54) is 0 Å². The first-order valence-corrected chi connectivity index (χ1v) is 8.40. The molecule has 1 aromatic carbocycles. The van der Waals surface area contributed by atoms with Crippen molar-refractivity contribution in [1.82, 2.24) is 5.32 Å². The van der Waals surface area contributed by atoms with Gasteiger partial charge in [-0.15, -0.1) is 0 Å². The molecule has 3 atom stereocenters. The first-order chi connectivity index (χ1) is 10.9. The van der Waals surface area contributed by atoms with Crippen molar-refractivity contribution in [3.63, 3.8) is 0 Å². The van der Waals surface area contributed by atoms with Crippen LogP contribution in [-0.2, 0) is 19.4 Å². The fourth-order valence-corrected chi connectivity index (χ4v) is 4.07. The molecule has 0 saturated carbocycles. The summed E-state index contributed by atoms with van der Waals surface area (Å²) in [5.41, 5.74) is -1.70. The van der Waals surface area contributed by atoms with Crippen LogP contribution in [0.2, 0.25) is 0 Å². The van der Waals surface area contributed by atoms with Crippen LogP contribution in [0, 0.1) is 10.1 Å². The van der Waals surface area contributed by atoms with Crippen molar-refractivity contribution in [2.24, 2.45) is 0 Å². The lowest BCUT2D eigenvalue weighted by Crippen LogP contribution is -2.51. The van der Waals surface area contributed by atoms with E-state index < -0.39 is 32.3 Å². The number of nitro benzene ring substituents is 1. The summed E-state index contributed by atoms with van der Waals surface area (Å²) in [6.45, 7) is 0.249. The average molecular weight is 344 g/mol. The standard InChI is InChI=1S/C13H16N2O7S/c16-8-22-13(12-6-3-10(17)7-14-12)23(20,21)11-4-1-9(2-5-11)15(18)19/h1-2,4-5,8,10,12-14,17H,3,6-7H2. The van der Waals surface area contributed by atoms with Crippen LogP contribution in [0.25, 0.3) is 0 Å². The predicted octanol–water partition coefficient (Wildman–Crippen LogP) is -0.0195. The Labute approximate surface area is 132 Å². The van der Waals surface area contributed by atoms with Gasteiger partial charge >= 0.3 is 0 Å². The van der Waals surface area contributed by atoms with E-state index in [9.17, 15) is 28.4 Å². The van der Waals surface area contributed by atoms with Crippen LogP contribution in [0.5, 0.6) is 0 Å². The zero-order valence-electron chi connectivity index (χ0n) is 12.0. The lowest BCUT2D eigenvalue weighted by molar-refractivity contribution is -0.384. The number of benzene rings is 1. The number of nitrogens with zero attached hydrogens (tertiary/aromatic N) is 1. The van der Waals surface area contributed by atoms with Crippen molar-refractivity contribution in [2.45, 2.75) is 35.3 Å². The summed E-state index contributed by atoms with van der Waals surface area (Å²) in [5.74, 6) is 0. The summed E-state index contributed by atoms with van der Waals surface area (Å²) < 4.78 is 30.0. The second kappa shape index (κ2) is 7.02. The molecule has 0 aromatic heterocycles. The number of non-ortho nitro benzene ring substituents is 1. The molecule has 2 N–H and O–H groups in total. The van der Waals surface area contributed by atoms with E-state index in [2.05, 4.69) is 5.32 Å². The van der Waals surface area contributed by atoms with Crippen LogP contribution in [0.1, 0.15) is 12.8 Å². The highest BCUT2D eigenvalue weighted by atomic mass is 32.2. The molecule has 10 heteroatoms. The highest BCUT2D eigenvalue weighted by molar-refractivity contribution is 7.92. The fourth-order valence-electron chi connectivity index (χ4n) is 2.43. The van der Waals surface area contributed by atoms with Gasteiger partial charge in [-0.2, -0.15) is 0 Å². The number of rotatable bonds is 6. The van der Waals surface area contributed by atoms with Crippen LogP contribution >= 0.6 is 0 Å². The minimum absolute atomic E-state index is 0.0559. The molecule has 9 nitrogen and oxygen atoms in total. The molecule has 1 heterocycles. The zero-order chi connectivity index (χ0) is 17.0. The number of ether oxygens (including phenoxy) is 1. The Hall–Kier alpha value is -2.04. The number of β-amino-alcohol motifs (C(OH)–C–C–N with tert-alkyl or cyclic N) is 1. The molecule has 0 bridgehead atoms. The van der Waals surface area contributed by atoms with Crippen molar-refractivity contribution in [3.05, 3.63) is 34.4 Å². The molecule has 23 heavy (non-hydrogen) atoms. The number of hydrogen-bond acceptors (Lipinski definition) is 8. The third-order valence-corrected chi connectivity index (χ3v) is 5.61. The SMILES string of the molecule is O=COC(C1CCC(O)CN1)S(=O)(=O)c1ccc([N+](=O)[O-])cc1. The lowest BCUT2D eigenvalue weighted by atomic mass is 10.0. The third-order valence-electron chi connectivity index (χ3n) is 3.63. The van der Waals surface area contributed by atoms with Crippen molar-refractivity contribution >= 4 is 22.0 Å². The van der Waals surface area contributed by atoms with Crippen LogP contribution in [0.15, 0.2) is 29.2 Å². The number of nitro groups is 1. The zero-order valence-corrected chi connectivity index (χ0v) is 12.8. The maximum Gasteiger partial charge on any atom is 0.294 e. The molecule has 0 aliphatic carbocycles. The first-order valence-electron chi connectivity index (χ1n) is 6.85. The van der Waals surface area contributed by atoms with Gasteiger partial charge in [0, 0.05) is 18.7 Å². The lowest BCUT2D eigenvalue weighted by Gasteiger charge is -2.31. The second-order valence-corrected chi connectivity index (χ2v) is 7.17. The van der Waals surface area contributed by atoms with E-state index in [0.29, 0.717) is 12.8 Å². The van der Waals surface area contributed by atoms with E-state index in [4.69, 9.17) is 4.74 Å². The van der Waals surface area contributed by atoms with Gasteiger partial charge in [0.05, 0.1) is 22.0 Å². The summed E-state index contributed by atoms with van der Waals surface area (Å²) in [6.07, 6.45) is 0.114. The van der Waals surface area contributed by atoms with Gasteiger partial charge in [0.2, 0.25) is 15.3 Å². The van der Waals surface area contributed by atoms with Gasteiger partial charge in [0.15, 0.2) is 0 Å². The molecule has 1 aromatic rings. The number of hydrogen-bond donors (Lipinski definition) is 2. The number of carbonyl (C=O) groups is 1. The Kier molecular flexibility index (Phi) is 5.29. The normalized spacial score (nSPS) is 23.0. The predicted molar refractivity (Wildman–Crippen MR) is 78.3 cm³/mol. The molecule has 0 amide bonds. The molecule has 126 valence electrons. The first kappa shape index (κ1) is 17.3. The quantitative estimate of drug-likeness (QED) is 0.417. The van der Waals surface area contributed by atoms with Gasteiger partial charge in [0.1, 0.15) is 0 Å². The molecule has 1 saturated heterocycles. The minimum Gasteiger partial charge on any atom is -0.446 e. The van der Waals surface area contributed by atoms with Gasteiger partial charge < -0.3 is 15.2 Å².